The summed E-state index contributed by atoms with van der Waals surface area (Å²) in [7, 11) is 0. The number of ketones is 2. The van der Waals surface area contributed by atoms with Crippen molar-refractivity contribution in [1.82, 2.24) is 0 Å². The minimum Gasteiger partial charge on any atom is -0.507 e. The Labute approximate surface area is 187 Å². The fraction of sp³-hybridized carbons (Fsp3) is 0.348. The van der Waals surface area contributed by atoms with Crippen LogP contribution in [0.25, 0.3) is 0 Å². The first kappa shape index (κ1) is 22.7. The maximum atomic E-state index is 13.1. The zero-order valence-corrected chi connectivity index (χ0v) is 17.9. The Morgan fingerprint density at radius 1 is 0.939 bits per heavy atom. The van der Waals surface area contributed by atoms with Gasteiger partial charge in [-0.3, -0.25) is 14.4 Å². The Hall–Kier alpha value is -3.47. The third kappa shape index (κ3) is 3.82. The van der Waals surface area contributed by atoms with Crippen molar-refractivity contribution >= 4 is 17.5 Å². The topological polar surface area (TPSA) is 160 Å². The Morgan fingerprint density at radius 3 is 2.18 bits per heavy atom. The minimum atomic E-state index is -1.52. The summed E-state index contributed by atoms with van der Waals surface area (Å²) in [4.78, 5) is 37.5. The van der Waals surface area contributed by atoms with E-state index in [1.807, 2.05) is 0 Å². The van der Waals surface area contributed by atoms with Crippen LogP contribution < -0.4 is 4.74 Å². The van der Waals surface area contributed by atoms with Gasteiger partial charge in [-0.2, -0.15) is 0 Å². The number of carbonyl (C=O) groups is 3. The van der Waals surface area contributed by atoms with Gasteiger partial charge in [-0.15, -0.1) is 0 Å². The second kappa shape index (κ2) is 8.14. The molecule has 1 saturated heterocycles. The maximum Gasteiger partial charge on any atom is 0.303 e. The number of esters is 1. The van der Waals surface area contributed by atoms with Gasteiger partial charge in [0, 0.05) is 24.1 Å². The lowest BCUT2D eigenvalue weighted by Gasteiger charge is -2.40. The summed E-state index contributed by atoms with van der Waals surface area (Å²) >= 11 is 0. The van der Waals surface area contributed by atoms with Crippen molar-refractivity contribution in [3.05, 3.63) is 52.1 Å². The predicted octanol–water partition coefficient (Wildman–Crippen LogP) is 0.959. The molecule has 1 aliphatic heterocycles. The summed E-state index contributed by atoms with van der Waals surface area (Å²) in [5, 5.41) is 41.1. The van der Waals surface area contributed by atoms with Crippen molar-refractivity contribution in [2.75, 3.05) is 0 Å². The van der Waals surface area contributed by atoms with Crippen molar-refractivity contribution < 1.29 is 49.0 Å². The number of aryl methyl sites for hydroxylation is 1. The monoisotopic (exact) mass is 458 g/mol. The highest BCUT2D eigenvalue weighted by atomic mass is 16.7. The first-order chi connectivity index (χ1) is 15.5. The van der Waals surface area contributed by atoms with E-state index >= 15 is 0 Å². The quantitative estimate of drug-likeness (QED) is 0.416. The molecule has 4 rings (SSSR count). The van der Waals surface area contributed by atoms with Crippen LogP contribution in [-0.4, -0.2) is 68.7 Å². The maximum absolute atomic E-state index is 13.1. The zero-order valence-electron chi connectivity index (χ0n) is 17.9. The van der Waals surface area contributed by atoms with E-state index in [0.717, 1.165) is 13.0 Å². The lowest BCUT2D eigenvalue weighted by atomic mass is 9.82. The molecule has 0 saturated carbocycles. The van der Waals surface area contributed by atoms with E-state index in [-0.39, 0.29) is 33.8 Å². The van der Waals surface area contributed by atoms with Crippen LogP contribution >= 0.6 is 0 Å². The van der Waals surface area contributed by atoms with Crippen molar-refractivity contribution in [3.63, 3.8) is 0 Å². The summed E-state index contributed by atoms with van der Waals surface area (Å²) in [6, 6.07) is 5.09. The number of benzene rings is 2. The fourth-order valence-electron chi connectivity index (χ4n) is 4.09. The van der Waals surface area contributed by atoms with Crippen LogP contribution in [0, 0.1) is 6.92 Å². The van der Waals surface area contributed by atoms with Gasteiger partial charge in [0.2, 0.25) is 12.1 Å². The summed E-state index contributed by atoms with van der Waals surface area (Å²) in [5.41, 5.74) is -0.0855. The summed E-state index contributed by atoms with van der Waals surface area (Å²) in [5.74, 6) is -3.12. The van der Waals surface area contributed by atoms with Gasteiger partial charge in [0.25, 0.3) is 0 Å². The van der Waals surface area contributed by atoms with Crippen molar-refractivity contribution in [2.24, 2.45) is 0 Å². The van der Waals surface area contributed by atoms with Gasteiger partial charge in [0.15, 0.2) is 11.9 Å². The van der Waals surface area contributed by atoms with Gasteiger partial charge in [0.1, 0.15) is 29.5 Å². The molecule has 4 N–H and O–H groups in total. The van der Waals surface area contributed by atoms with Gasteiger partial charge in [-0.05, 0) is 37.6 Å². The number of ether oxygens (including phenoxy) is 3. The van der Waals surface area contributed by atoms with Gasteiger partial charge < -0.3 is 34.6 Å². The van der Waals surface area contributed by atoms with Gasteiger partial charge in [0.05, 0.1) is 17.2 Å². The van der Waals surface area contributed by atoms with E-state index in [1.165, 1.54) is 25.1 Å². The van der Waals surface area contributed by atoms with E-state index in [2.05, 4.69) is 0 Å². The van der Waals surface area contributed by atoms with Crippen LogP contribution in [0.2, 0.25) is 0 Å². The molecular weight excluding hydrogens is 436 g/mol. The molecule has 0 radical (unpaired) electrons. The summed E-state index contributed by atoms with van der Waals surface area (Å²) in [6.45, 7) is 4.24. The van der Waals surface area contributed by atoms with Crippen LogP contribution in [-0.2, 0) is 14.3 Å². The molecule has 1 fully saturated rings. The first-order valence-corrected chi connectivity index (χ1v) is 10.1. The highest BCUT2D eigenvalue weighted by Gasteiger charge is 2.46. The van der Waals surface area contributed by atoms with Crippen molar-refractivity contribution in [3.8, 4) is 17.2 Å². The molecule has 5 unspecified atom stereocenters. The second-order valence-corrected chi connectivity index (χ2v) is 8.11. The highest BCUT2D eigenvalue weighted by Crippen LogP contribution is 2.40. The third-order valence-corrected chi connectivity index (χ3v) is 5.64. The molecule has 1 aliphatic carbocycles. The van der Waals surface area contributed by atoms with E-state index in [4.69, 9.17) is 14.2 Å². The molecule has 2 aromatic carbocycles. The first-order valence-electron chi connectivity index (χ1n) is 10.1. The van der Waals surface area contributed by atoms with Crippen LogP contribution in [0.3, 0.4) is 0 Å². The number of rotatable bonds is 3. The number of hydrogen-bond acceptors (Lipinski definition) is 10. The molecule has 10 nitrogen and oxygen atoms in total. The molecule has 2 aliphatic rings. The lowest BCUT2D eigenvalue weighted by Crippen LogP contribution is -2.59. The number of hydrogen-bond donors (Lipinski definition) is 4. The van der Waals surface area contributed by atoms with Crippen LogP contribution in [0.1, 0.15) is 51.3 Å². The molecule has 1 heterocycles. The average molecular weight is 458 g/mol. The number of phenols is 2. The largest absolute Gasteiger partial charge is 0.507 e. The SMILES string of the molecule is CC(=O)OC1C(Oc2cc(O)c3c(c2)C(=O)c2cc(C)cc(O)c2C3=O)OC(C)C(O)C1O. The predicted molar refractivity (Wildman–Crippen MR) is 110 cm³/mol. The normalized spacial score (nSPS) is 26.4. The molecule has 10 heteroatoms. The number of aromatic hydroxyl groups is 2. The number of carbonyl (C=O) groups excluding carboxylic acids is 3. The molecule has 174 valence electrons. The van der Waals surface area contributed by atoms with E-state index < -0.39 is 54.0 Å². The molecule has 0 amide bonds. The van der Waals surface area contributed by atoms with Crippen molar-refractivity contribution in [2.45, 2.75) is 51.5 Å². The van der Waals surface area contributed by atoms with Gasteiger partial charge in [-0.25, -0.2) is 0 Å². The molecule has 5 atom stereocenters. The molecule has 0 spiro atoms. The van der Waals surface area contributed by atoms with Gasteiger partial charge in [-0.1, -0.05) is 0 Å². The number of aliphatic hydroxyl groups excluding tert-OH is 2. The van der Waals surface area contributed by atoms with Crippen molar-refractivity contribution in [1.29, 1.82) is 0 Å². The highest BCUT2D eigenvalue weighted by molar-refractivity contribution is 6.30. The Morgan fingerprint density at radius 2 is 1.55 bits per heavy atom. The number of phenolic OH excluding ortho intramolecular Hbond substituents is 2. The van der Waals surface area contributed by atoms with E-state index in [9.17, 15) is 34.8 Å². The van der Waals surface area contributed by atoms with E-state index in [1.54, 1.807) is 6.92 Å². The Kier molecular flexibility index (Phi) is 5.61. The van der Waals surface area contributed by atoms with Crippen LogP contribution in [0.5, 0.6) is 17.2 Å². The molecule has 0 aromatic heterocycles. The molecule has 33 heavy (non-hydrogen) atoms. The van der Waals surface area contributed by atoms with Crippen LogP contribution in [0.15, 0.2) is 24.3 Å². The lowest BCUT2D eigenvalue weighted by molar-refractivity contribution is -0.273. The fourth-order valence-corrected chi connectivity index (χ4v) is 4.09. The molecule has 2 aromatic rings. The van der Waals surface area contributed by atoms with Crippen LogP contribution in [0.4, 0.5) is 0 Å². The molecule has 0 bridgehead atoms. The smallest absolute Gasteiger partial charge is 0.303 e. The average Bonchev–Trinajstić information content (AvgIpc) is 2.72. The summed E-state index contributed by atoms with van der Waals surface area (Å²) in [6.07, 6.45) is -6.53. The van der Waals surface area contributed by atoms with Gasteiger partial charge >= 0.3 is 5.97 Å². The summed E-state index contributed by atoms with van der Waals surface area (Å²) < 4.78 is 16.3. The standard InChI is InChI=1S/C23H22O10/c1-8-4-12-16(14(25)5-8)20(29)17-13(19(12)28)6-11(7-15(17)26)33-23-22(32-10(3)24)21(30)18(27)9(2)31-23/h4-7,9,18,21-23,25-27,30H,1-3H3. The second-order valence-electron chi connectivity index (χ2n) is 8.11. The molecular formula is C23H22O10. The Bertz CT molecular complexity index is 1170. The Balaban J connectivity index is 1.73. The third-order valence-electron chi connectivity index (χ3n) is 5.64. The number of aliphatic hydroxyl groups is 2. The zero-order chi connectivity index (χ0) is 24.2. The van der Waals surface area contributed by atoms with E-state index in [0.29, 0.717) is 5.56 Å². The number of fused-ring (bicyclic) bond motifs is 2. The minimum absolute atomic E-state index is 0.0135.